The van der Waals surface area contributed by atoms with Crippen molar-refractivity contribution in [3.8, 4) is 0 Å². The molecule has 2 amide bonds. The van der Waals surface area contributed by atoms with Gasteiger partial charge in [0.2, 0.25) is 5.95 Å². The van der Waals surface area contributed by atoms with E-state index in [-0.39, 0.29) is 16.9 Å². The van der Waals surface area contributed by atoms with Crippen molar-refractivity contribution >= 4 is 17.8 Å². The van der Waals surface area contributed by atoms with Crippen molar-refractivity contribution in [1.29, 1.82) is 0 Å². The molecule has 154 valence electrons. The highest BCUT2D eigenvalue weighted by Crippen LogP contribution is 2.43. The number of likely N-dealkylation sites (tertiary alicyclic amines) is 1. The fourth-order valence-electron chi connectivity index (χ4n) is 4.68. The lowest BCUT2D eigenvalue weighted by atomic mass is 9.66. The summed E-state index contributed by atoms with van der Waals surface area (Å²) in [6, 6.07) is 8.56. The minimum Gasteiger partial charge on any atom is -0.334 e. The number of aromatic nitrogens is 3. The van der Waals surface area contributed by atoms with E-state index in [1.165, 1.54) is 11.1 Å². The molecule has 1 unspecified atom stereocenters. The largest absolute Gasteiger partial charge is 0.334 e. The first-order valence-corrected chi connectivity index (χ1v) is 10.4. The summed E-state index contributed by atoms with van der Waals surface area (Å²) in [7, 11) is 0. The second-order valence-electron chi connectivity index (χ2n) is 9.26. The highest BCUT2D eigenvalue weighted by Gasteiger charge is 2.42. The molecule has 0 saturated carbocycles. The van der Waals surface area contributed by atoms with Crippen LogP contribution in [0.25, 0.3) is 0 Å². The first kappa shape index (κ1) is 19.6. The number of piperidine rings is 1. The number of nitrogens with zero attached hydrogens (tertiary/aromatic N) is 4. The van der Waals surface area contributed by atoms with Crippen LogP contribution in [-0.4, -0.2) is 44.6 Å². The van der Waals surface area contributed by atoms with Gasteiger partial charge in [0, 0.05) is 18.5 Å². The molecule has 2 heterocycles. The maximum absolute atomic E-state index is 12.9. The minimum atomic E-state index is -0.669. The van der Waals surface area contributed by atoms with Crippen LogP contribution in [0.1, 0.15) is 57.6 Å². The van der Waals surface area contributed by atoms with E-state index in [1.54, 1.807) is 15.9 Å². The molecule has 4 rings (SSSR count). The molecule has 2 aliphatic rings. The topological polar surface area (TPSA) is 80.1 Å². The van der Waals surface area contributed by atoms with Crippen molar-refractivity contribution in [3.05, 3.63) is 41.7 Å². The van der Waals surface area contributed by atoms with Gasteiger partial charge in [0.05, 0.1) is 5.54 Å². The average molecular weight is 396 g/mol. The van der Waals surface area contributed by atoms with Crippen molar-refractivity contribution in [2.45, 2.75) is 63.8 Å². The molecule has 1 fully saturated rings. The Labute approximate surface area is 171 Å². The Morgan fingerprint density at radius 3 is 2.66 bits per heavy atom. The van der Waals surface area contributed by atoms with Gasteiger partial charge in [-0.05, 0) is 64.0 Å². The number of amides is 2. The molecule has 1 aliphatic heterocycles. The second-order valence-corrected chi connectivity index (χ2v) is 9.26. The van der Waals surface area contributed by atoms with Crippen LogP contribution in [0.15, 0.2) is 30.6 Å². The van der Waals surface area contributed by atoms with E-state index in [0.717, 1.165) is 32.1 Å². The third kappa shape index (κ3) is 3.78. The number of fused-ring (bicyclic) bond motifs is 2. The maximum Gasteiger partial charge on any atom is 0.316 e. The molecule has 7 heteroatoms. The maximum atomic E-state index is 12.9. The smallest absolute Gasteiger partial charge is 0.316 e. The molecule has 2 aromatic rings. The molecule has 1 spiro atoms. The number of hydrogen-bond donors (Lipinski definition) is 1. The lowest BCUT2D eigenvalue weighted by molar-refractivity contribution is -0.144. The monoisotopic (exact) mass is 395 g/mol. The Morgan fingerprint density at radius 1 is 1.14 bits per heavy atom. The Balaban J connectivity index is 1.48. The number of carbonyl (C=O) groups is 2. The van der Waals surface area contributed by atoms with Crippen LogP contribution in [0, 0.1) is 0 Å². The number of hydrogen-bond acceptors (Lipinski definition) is 4. The van der Waals surface area contributed by atoms with Crippen molar-refractivity contribution in [2.24, 2.45) is 0 Å². The van der Waals surface area contributed by atoms with E-state index in [1.807, 2.05) is 20.8 Å². The molecule has 1 atom stereocenters. The summed E-state index contributed by atoms with van der Waals surface area (Å²) < 4.78 is 1.67. The lowest BCUT2D eigenvalue weighted by Crippen LogP contribution is -2.52. The van der Waals surface area contributed by atoms with Gasteiger partial charge in [0.25, 0.3) is 0 Å². The number of anilines is 1. The van der Waals surface area contributed by atoms with Gasteiger partial charge in [-0.1, -0.05) is 24.3 Å². The molecule has 1 aliphatic carbocycles. The van der Waals surface area contributed by atoms with E-state index in [9.17, 15) is 9.59 Å². The molecule has 29 heavy (non-hydrogen) atoms. The third-order valence-corrected chi connectivity index (χ3v) is 6.15. The Kier molecular flexibility index (Phi) is 4.92. The van der Waals surface area contributed by atoms with Crippen molar-refractivity contribution < 1.29 is 9.59 Å². The highest BCUT2D eigenvalue weighted by molar-refractivity contribution is 6.39. The molecule has 0 radical (unpaired) electrons. The van der Waals surface area contributed by atoms with Crippen LogP contribution < -0.4 is 5.32 Å². The predicted molar refractivity (Wildman–Crippen MR) is 111 cm³/mol. The number of aryl methyl sites for hydroxylation is 1. The quantitative estimate of drug-likeness (QED) is 0.753. The summed E-state index contributed by atoms with van der Waals surface area (Å²) in [6.45, 7) is 7.19. The van der Waals surface area contributed by atoms with Crippen molar-refractivity contribution in [1.82, 2.24) is 19.7 Å². The van der Waals surface area contributed by atoms with Gasteiger partial charge in [0.1, 0.15) is 6.33 Å². The van der Waals surface area contributed by atoms with Crippen LogP contribution in [0.4, 0.5) is 5.95 Å². The van der Waals surface area contributed by atoms with Crippen molar-refractivity contribution in [3.63, 3.8) is 0 Å². The number of rotatable bonds is 1. The average Bonchev–Trinajstić information content (AvgIpc) is 3.17. The molecule has 0 bridgehead atoms. The molecular formula is C22H29N5O2. The van der Waals surface area contributed by atoms with E-state index >= 15 is 0 Å². The van der Waals surface area contributed by atoms with Crippen LogP contribution in [0.5, 0.6) is 0 Å². The normalized spacial score (nSPS) is 21.7. The third-order valence-electron chi connectivity index (χ3n) is 6.15. The van der Waals surface area contributed by atoms with Gasteiger partial charge in [-0.25, -0.2) is 9.67 Å². The minimum absolute atomic E-state index is 0.0326. The standard InChI is InChI=1S/C22H29N5O2/c1-21(2,3)27-15-23-20(25-27)24-18(28)19(29)26-13-7-12-22(14-26)11-6-9-16-8-4-5-10-17(16)22/h4-5,8,10,15H,6-7,9,11-14H2,1-3H3,(H,24,25,28). The molecule has 7 nitrogen and oxygen atoms in total. The fourth-order valence-corrected chi connectivity index (χ4v) is 4.68. The van der Waals surface area contributed by atoms with Crippen LogP contribution in [0.3, 0.4) is 0 Å². The highest BCUT2D eigenvalue weighted by atomic mass is 16.2. The molecule has 1 aromatic carbocycles. The SMILES string of the molecule is CC(C)(C)n1cnc(NC(=O)C(=O)N2CCCC3(CCCc4ccccc43)C2)n1. The molecule has 1 N–H and O–H groups in total. The zero-order chi connectivity index (χ0) is 20.6. The van der Waals surface area contributed by atoms with E-state index in [4.69, 9.17) is 0 Å². The lowest BCUT2D eigenvalue weighted by Gasteiger charge is -2.46. The van der Waals surface area contributed by atoms with Crippen molar-refractivity contribution in [2.75, 3.05) is 18.4 Å². The number of nitrogens with one attached hydrogen (secondary N) is 1. The summed E-state index contributed by atoms with van der Waals surface area (Å²) >= 11 is 0. The number of carbonyl (C=O) groups excluding carboxylic acids is 2. The van der Waals surface area contributed by atoms with E-state index in [2.05, 4.69) is 39.7 Å². The van der Waals surface area contributed by atoms with Gasteiger partial charge in [0.15, 0.2) is 0 Å². The van der Waals surface area contributed by atoms with Gasteiger partial charge in [-0.3, -0.25) is 14.9 Å². The summed E-state index contributed by atoms with van der Waals surface area (Å²) in [5, 5.41) is 6.83. The Hall–Kier alpha value is -2.70. The van der Waals surface area contributed by atoms with Gasteiger partial charge >= 0.3 is 11.8 Å². The number of benzene rings is 1. The second kappa shape index (κ2) is 7.28. The molecular weight excluding hydrogens is 366 g/mol. The van der Waals surface area contributed by atoms with Crippen LogP contribution >= 0.6 is 0 Å². The van der Waals surface area contributed by atoms with Gasteiger partial charge in [-0.15, -0.1) is 5.10 Å². The summed E-state index contributed by atoms with van der Waals surface area (Å²) in [4.78, 5) is 31.3. The summed E-state index contributed by atoms with van der Waals surface area (Å²) in [5.74, 6) is -1.01. The first-order chi connectivity index (χ1) is 13.8. The predicted octanol–water partition coefficient (Wildman–Crippen LogP) is 2.87. The zero-order valence-electron chi connectivity index (χ0n) is 17.4. The van der Waals surface area contributed by atoms with Crippen LogP contribution in [-0.2, 0) is 27.0 Å². The first-order valence-electron chi connectivity index (χ1n) is 10.4. The molecule has 1 saturated heterocycles. The Bertz CT molecular complexity index is 929. The van der Waals surface area contributed by atoms with Gasteiger partial charge in [-0.2, -0.15) is 0 Å². The fraction of sp³-hybridized carbons (Fsp3) is 0.545. The van der Waals surface area contributed by atoms with E-state index < -0.39 is 11.8 Å². The van der Waals surface area contributed by atoms with Crippen LogP contribution in [0.2, 0.25) is 0 Å². The van der Waals surface area contributed by atoms with Gasteiger partial charge < -0.3 is 4.90 Å². The summed E-state index contributed by atoms with van der Waals surface area (Å²) in [5.41, 5.74) is 2.46. The Morgan fingerprint density at radius 2 is 1.90 bits per heavy atom. The van der Waals surface area contributed by atoms with E-state index in [0.29, 0.717) is 13.1 Å². The summed E-state index contributed by atoms with van der Waals surface area (Å²) in [6.07, 6.45) is 6.81. The molecule has 1 aromatic heterocycles. The zero-order valence-corrected chi connectivity index (χ0v) is 17.4.